The van der Waals surface area contributed by atoms with Gasteiger partial charge in [-0.2, -0.15) is 0 Å². The van der Waals surface area contributed by atoms with Crippen LogP contribution >= 0.6 is 11.3 Å². The van der Waals surface area contributed by atoms with E-state index in [1.165, 1.54) is 17.4 Å². The lowest BCUT2D eigenvalue weighted by atomic mass is 9.86. The summed E-state index contributed by atoms with van der Waals surface area (Å²) in [7, 11) is -4.05. The first-order valence-electron chi connectivity index (χ1n) is 14.2. The minimum absolute atomic E-state index is 0.0287. The first-order valence-corrected chi connectivity index (χ1v) is 16.5. The van der Waals surface area contributed by atoms with Gasteiger partial charge in [0.15, 0.2) is 0 Å². The molecule has 2 amide bonds. The van der Waals surface area contributed by atoms with Crippen LogP contribution in [0.15, 0.2) is 53.7 Å². The predicted octanol–water partition coefficient (Wildman–Crippen LogP) is 6.13. The van der Waals surface area contributed by atoms with Crippen molar-refractivity contribution in [2.75, 3.05) is 4.90 Å². The van der Waals surface area contributed by atoms with Crippen LogP contribution in [0, 0.1) is 0 Å². The molecule has 0 bridgehead atoms. The molecule has 1 saturated carbocycles. The molecular weight excluding hydrogens is 590 g/mol. The standard InChI is InChI=1S/C30H39N5O6S2/c1-19(2)41-28(36)33-21-11-9-20(10-12-21)27-32-17-25(42-27)24-14-13-23(16-26(24)43(39,40)34-30(3,4)5)35(29(37)38)18-22-8-6-7-15-31-22/h6-8,13-17,19-21,34H,9-12,18H2,1-5H3,(H,33,36)(H,37,38). The Hall–Kier alpha value is -3.55. The van der Waals surface area contributed by atoms with Crippen LogP contribution in [-0.4, -0.2) is 53.4 Å². The third kappa shape index (κ3) is 8.74. The number of ether oxygens (including phenoxy) is 1. The van der Waals surface area contributed by atoms with E-state index in [0.29, 0.717) is 16.1 Å². The van der Waals surface area contributed by atoms with Gasteiger partial charge in [0.25, 0.3) is 0 Å². The molecule has 3 N–H and O–H groups in total. The number of anilines is 1. The van der Waals surface area contributed by atoms with E-state index in [1.54, 1.807) is 63.5 Å². The zero-order valence-corrected chi connectivity index (χ0v) is 26.7. The summed E-state index contributed by atoms with van der Waals surface area (Å²) in [4.78, 5) is 34.8. The van der Waals surface area contributed by atoms with Gasteiger partial charge in [0, 0.05) is 41.1 Å². The Labute approximate surface area is 256 Å². The number of carbonyl (C=O) groups excluding carboxylic acids is 1. The molecular formula is C30H39N5O6S2. The normalized spacial score (nSPS) is 17.4. The number of thiazole rings is 1. The Morgan fingerprint density at radius 3 is 2.44 bits per heavy atom. The zero-order valence-electron chi connectivity index (χ0n) is 25.0. The largest absolute Gasteiger partial charge is 0.465 e. The Kier molecular flexibility index (Phi) is 10.1. The number of pyridine rings is 1. The lowest BCUT2D eigenvalue weighted by Crippen LogP contribution is -2.40. The lowest BCUT2D eigenvalue weighted by molar-refractivity contribution is 0.109. The van der Waals surface area contributed by atoms with E-state index < -0.39 is 27.7 Å². The molecule has 3 aromatic rings. The highest BCUT2D eigenvalue weighted by molar-refractivity contribution is 7.89. The van der Waals surface area contributed by atoms with E-state index in [0.717, 1.165) is 35.6 Å². The maximum atomic E-state index is 13.7. The number of alkyl carbamates (subject to hydrolysis) is 1. The van der Waals surface area contributed by atoms with Crippen molar-refractivity contribution in [3.8, 4) is 10.4 Å². The lowest BCUT2D eigenvalue weighted by Gasteiger charge is -2.28. The van der Waals surface area contributed by atoms with Crippen LogP contribution in [0.25, 0.3) is 10.4 Å². The number of nitrogens with one attached hydrogen (secondary N) is 2. The van der Waals surface area contributed by atoms with Crippen molar-refractivity contribution in [1.29, 1.82) is 0 Å². The summed E-state index contributed by atoms with van der Waals surface area (Å²) in [6, 6.07) is 9.89. The smallest absolute Gasteiger partial charge is 0.412 e. The molecule has 4 rings (SSSR count). The molecule has 1 aromatic carbocycles. The van der Waals surface area contributed by atoms with Crippen molar-refractivity contribution < 1.29 is 27.9 Å². The number of amides is 2. The molecule has 0 unspecified atom stereocenters. The molecule has 2 heterocycles. The molecule has 232 valence electrons. The summed E-state index contributed by atoms with van der Waals surface area (Å²) in [6.07, 6.45) is 4.68. The third-order valence-corrected chi connectivity index (χ3v) is 9.81. The summed E-state index contributed by atoms with van der Waals surface area (Å²) < 4.78 is 35.3. The highest BCUT2D eigenvalue weighted by Crippen LogP contribution is 2.40. The van der Waals surface area contributed by atoms with Gasteiger partial charge in [-0.3, -0.25) is 9.88 Å². The van der Waals surface area contributed by atoms with Gasteiger partial charge in [-0.05, 0) is 84.6 Å². The fraction of sp³-hybridized carbons (Fsp3) is 0.467. The van der Waals surface area contributed by atoms with Crippen LogP contribution in [0.4, 0.5) is 15.3 Å². The zero-order chi connectivity index (χ0) is 31.4. The second-order valence-corrected chi connectivity index (χ2v) is 14.6. The van der Waals surface area contributed by atoms with Crippen molar-refractivity contribution in [3.63, 3.8) is 0 Å². The molecule has 13 heteroatoms. The van der Waals surface area contributed by atoms with Crippen LogP contribution in [0.3, 0.4) is 0 Å². The first-order chi connectivity index (χ1) is 20.2. The molecule has 1 aliphatic rings. The van der Waals surface area contributed by atoms with Gasteiger partial charge >= 0.3 is 12.2 Å². The highest BCUT2D eigenvalue weighted by atomic mass is 32.2. The van der Waals surface area contributed by atoms with Crippen LogP contribution in [0.5, 0.6) is 0 Å². The number of rotatable bonds is 9. The molecule has 0 atom stereocenters. The van der Waals surface area contributed by atoms with E-state index >= 15 is 0 Å². The van der Waals surface area contributed by atoms with Gasteiger partial charge < -0.3 is 15.2 Å². The Balaban J connectivity index is 1.62. The summed E-state index contributed by atoms with van der Waals surface area (Å²) >= 11 is 1.43. The minimum Gasteiger partial charge on any atom is -0.465 e. The first kappa shape index (κ1) is 32.4. The minimum atomic E-state index is -4.05. The summed E-state index contributed by atoms with van der Waals surface area (Å²) in [6.45, 7) is 8.82. The molecule has 11 nitrogen and oxygen atoms in total. The molecule has 0 aliphatic heterocycles. The topological polar surface area (TPSA) is 151 Å². The number of nitrogens with zero attached hydrogens (tertiary/aromatic N) is 3. The number of carbonyl (C=O) groups is 2. The van der Waals surface area contributed by atoms with Crippen molar-refractivity contribution in [3.05, 3.63) is 59.5 Å². The second-order valence-electron chi connectivity index (χ2n) is 11.9. The molecule has 2 aromatic heterocycles. The molecule has 43 heavy (non-hydrogen) atoms. The number of hydrogen-bond acceptors (Lipinski definition) is 8. The van der Waals surface area contributed by atoms with Crippen molar-refractivity contribution in [2.45, 2.75) is 95.3 Å². The van der Waals surface area contributed by atoms with Gasteiger partial charge in [-0.15, -0.1) is 11.3 Å². The average Bonchev–Trinajstić information content (AvgIpc) is 3.41. The Bertz CT molecular complexity index is 1530. The molecule has 0 saturated heterocycles. The molecule has 1 aliphatic carbocycles. The quantitative estimate of drug-likeness (QED) is 0.256. The van der Waals surface area contributed by atoms with Gasteiger partial charge in [0.1, 0.15) is 0 Å². The number of sulfonamides is 1. The van der Waals surface area contributed by atoms with Crippen molar-refractivity contribution >= 4 is 39.2 Å². The van der Waals surface area contributed by atoms with Crippen molar-refractivity contribution in [1.82, 2.24) is 20.0 Å². The van der Waals surface area contributed by atoms with E-state index in [1.807, 2.05) is 13.8 Å². The average molecular weight is 630 g/mol. The second kappa shape index (κ2) is 13.4. The molecule has 1 fully saturated rings. The van der Waals surface area contributed by atoms with E-state index in [9.17, 15) is 23.1 Å². The maximum Gasteiger partial charge on any atom is 0.412 e. The molecule has 0 spiro atoms. The van der Waals surface area contributed by atoms with Gasteiger partial charge in [0.05, 0.1) is 33.1 Å². The van der Waals surface area contributed by atoms with Gasteiger partial charge in [-0.1, -0.05) is 12.1 Å². The third-order valence-electron chi connectivity index (χ3n) is 6.81. The van der Waals surface area contributed by atoms with Crippen LogP contribution in [-0.2, 0) is 21.3 Å². The highest BCUT2D eigenvalue weighted by Gasteiger charge is 2.30. The predicted molar refractivity (Wildman–Crippen MR) is 166 cm³/mol. The van der Waals surface area contributed by atoms with E-state index in [4.69, 9.17) is 4.74 Å². The van der Waals surface area contributed by atoms with Crippen LogP contribution in [0.2, 0.25) is 0 Å². The fourth-order valence-electron chi connectivity index (χ4n) is 4.99. The van der Waals surface area contributed by atoms with Crippen LogP contribution < -0.4 is 14.9 Å². The van der Waals surface area contributed by atoms with Crippen LogP contribution in [0.1, 0.15) is 76.9 Å². The Morgan fingerprint density at radius 1 is 1.12 bits per heavy atom. The maximum absolute atomic E-state index is 13.7. The monoisotopic (exact) mass is 629 g/mol. The number of benzene rings is 1. The molecule has 0 radical (unpaired) electrons. The van der Waals surface area contributed by atoms with Crippen molar-refractivity contribution in [2.24, 2.45) is 0 Å². The number of aromatic nitrogens is 2. The van der Waals surface area contributed by atoms with E-state index in [-0.39, 0.29) is 35.2 Å². The van der Waals surface area contributed by atoms with Gasteiger partial charge in [-0.25, -0.2) is 27.7 Å². The summed E-state index contributed by atoms with van der Waals surface area (Å²) in [5.41, 5.74) is 0.418. The summed E-state index contributed by atoms with van der Waals surface area (Å²) in [5, 5.41) is 13.8. The Morgan fingerprint density at radius 2 is 1.84 bits per heavy atom. The fourth-order valence-corrected chi connectivity index (χ4v) is 7.84. The summed E-state index contributed by atoms with van der Waals surface area (Å²) in [5.74, 6) is 0.186. The van der Waals surface area contributed by atoms with E-state index in [2.05, 4.69) is 20.0 Å². The van der Waals surface area contributed by atoms with Gasteiger partial charge in [0.2, 0.25) is 10.0 Å². The SMILES string of the molecule is CC(C)OC(=O)NC1CCC(c2ncc(-c3ccc(N(Cc4ccccn4)C(=O)O)cc3S(=O)(=O)NC(C)(C)C)s2)CC1. The number of hydrogen-bond donors (Lipinski definition) is 3. The number of carboxylic acid groups (broad SMARTS) is 1.